The van der Waals surface area contributed by atoms with Crippen LogP contribution in [0.2, 0.25) is 0 Å². The van der Waals surface area contributed by atoms with E-state index in [4.69, 9.17) is 4.74 Å². The molecule has 1 aromatic heterocycles. The first-order valence-corrected chi connectivity index (χ1v) is 9.27. The van der Waals surface area contributed by atoms with Crippen LogP contribution in [-0.2, 0) is 26.4 Å². The summed E-state index contributed by atoms with van der Waals surface area (Å²) in [5, 5.41) is 4.30. The number of sulfone groups is 1. The van der Waals surface area contributed by atoms with Crippen molar-refractivity contribution in [3.05, 3.63) is 47.8 Å². The summed E-state index contributed by atoms with van der Waals surface area (Å²) in [5.74, 6) is 0.271. The summed E-state index contributed by atoms with van der Waals surface area (Å²) in [4.78, 5) is 12.9. The minimum atomic E-state index is -3.28. The number of aryl methyl sites for hydroxylation is 1. The fourth-order valence-electron chi connectivity index (χ4n) is 2.59. The minimum absolute atomic E-state index is 0.150. The molecule has 1 aromatic carbocycles. The molecule has 6 nitrogen and oxygen atoms in total. The Kier molecular flexibility index (Phi) is 3.64. The van der Waals surface area contributed by atoms with Gasteiger partial charge in [0.05, 0.1) is 16.2 Å². The third kappa shape index (κ3) is 2.75. The SMILES string of the molecule is Cn1ccc(C2=C(c3ccc(S(C)(=O)=O)cc3)OC(C)(C)C2=O)n1. The zero-order valence-corrected chi connectivity index (χ0v) is 14.7. The predicted molar refractivity (Wildman–Crippen MR) is 89.7 cm³/mol. The highest BCUT2D eigenvalue weighted by molar-refractivity contribution is 7.90. The lowest BCUT2D eigenvalue weighted by Gasteiger charge is -2.17. The van der Waals surface area contributed by atoms with Crippen molar-refractivity contribution >= 4 is 27.0 Å². The molecule has 0 N–H and O–H groups in total. The first-order chi connectivity index (χ1) is 11.1. The van der Waals surface area contributed by atoms with E-state index in [0.717, 1.165) is 6.26 Å². The van der Waals surface area contributed by atoms with Gasteiger partial charge in [0.15, 0.2) is 15.4 Å². The standard InChI is InChI=1S/C17H18N2O4S/c1-17(2)16(20)14(13-9-10-19(3)18-13)15(23-17)11-5-7-12(8-6-11)24(4,21)22/h5-10H,1-4H3. The van der Waals surface area contributed by atoms with Crippen molar-refractivity contribution in [2.75, 3.05) is 6.26 Å². The van der Waals surface area contributed by atoms with E-state index in [1.54, 1.807) is 50.0 Å². The Morgan fingerprint density at radius 1 is 1.12 bits per heavy atom. The zero-order valence-electron chi connectivity index (χ0n) is 13.9. The molecular formula is C17H18N2O4S. The number of benzene rings is 1. The van der Waals surface area contributed by atoms with Crippen LogP contribution in [0.1, 0.15) is 25.1 Å². The molecular weight excluding hydrogens is 328 g/mol. The maximum Gasteiger partial charge on any atom is 0.211 e. The van der Waals surface area contributed by atoms with E-state index in [-0.39, 0.29) is 10.7 Å². The number of hydrogen-bond donors (Lipinski definition) is 0. The fraction of sp³-hybridized carbons (Fsp3) is 0.294. The first-order valence-electron chi connectivity index (χ1n) is 7.38. The van der Waals surface area contributed by atoms with Gasteiger partial charge in [-0.05, 0) is 44.2 Å². The average Bonchev–Trinajstić information content (AvgIpc) is 3.00. The third-order valence-corrected chi connectivity index (χ3v) is 5.00. The van der Waals surface area contributed by atoms with Gasteiger partial charge in [0.1, 0.15) is 5.76 Å². The number of ketones is 1. The molecule has 0 spiro atoms. The zero-order chi connectivity index (χ0) is 17.7. The normalized spacial score (nSPS) is 17.2. The summed E-state index contributed by atoms with van der Waals surface area (Å²) in [6, 6.07) is 8.05. The van der Waals surface area contributed by atoms with Crippen molar-refractivity contribution in [1.82, 2.24) is 9.78 Å². The van der Waals surface area contributed by atoms with Gasteiger partial charge in [-0.25, -0.2) is 8.42 Å². The van der Waals surface area contributed by atoms with Gasteiger partial charge in [0.25, 0.3) is 0 Å². The Balaban J connectivity index is 2.15. The molecule has 3 rings (SSSR count). The van der Waals surface area contributed by atoms with E-state index in [1.165, 1.54) is 12.1 Å². The number of aromatic nitrogens is 2. The van der Waals surface area contributed by atoms with Crippen molar-refractivity contribution in [2.45, 2.75) is 24.3 Å². The van der Waals surface area contributed by atoms with Crippen molar-refractivity contribution in [3.8, 4) is 0 Å². The number of Topliss-reactive ketones (excluding diaryl/α,β-unsaturated/α-hetero) is 1. The fourth-order valence-corrected chi connectivity index (χ4v) is 3.22. The lowest BCUT2D eigenvalue weighted by atomic mass is 9.96. The van der Waals surface area contributed by atoms with Gasteiger partial charge in [-0.15, -0.1) is 0 Å². The molecule has 0 radical (unpaired) electrons. The van der Waals surface area contributed by atoms with Gasteiger partial charge >= 0.3 is 0 Å². The van der Waals surface area contributed by atoms with Crippen molar-refractivity contribution in [2.24, 2.45) is 7.05 Å². The molecule has 2 heterocycles. The highest BCUT2D eigenvalue weighted by atomic mass is 32.2. The monoisotopic (exact) mass is 346 g/mol. The van der Waals surface area contributed by atoms with Crippen LogP contribution < -0.4 is 0 Å². The number of hydrogen-bond acceptors (Lipinski definition) is 5. The van der Waals surface area contributed by atoms with Gasteiger partial charge in [0.2, 0.25) is 5.78 Å². The second-order valence-corrected chi connectivity index (χ2v) is 8.33. The van der Waals surface area contributed by atoms with E-state index in [2.05, 4.69) is 5.10 Å². The topological polar surface area (TPSA) is 78.3 Å². The molecule has 0 fully saturated rings. The van der Waals surface area contributed by atoms with Crippen LogP contribution in [0.4, 0.5) is 0 Å². The van der Waals surface area contributed by atoms with Crippen LogP contribution in [0.5, 0.6) is 0 Å². The smallest absolute Gasteiger partial charge is 0.211 e. The van der Waals surface area contributed by atoms with Crippen molar-refractivity contribution < 1.29 is 17.9 Å². The van der Waals surface area contributed by atoms with Crippen LogP contribution >= 0.6 is 0 Å². The van der Waals surface area contributed by atoms with Crippen LogP contribution in [-0.4, -0.2) is 35.8 Å². The van der Waals surface area contributed by atoms with E-state index >= 15 is 0 Å². The van der Waals surface area contributed by atoms with E-state index in [1.807, 2.05) is 0 Å². The molecule has 126 valence electrons. The van der Waals surface area contributed by atoms with Gasteiger partial charge in [-0.1, -0.05) is 0 Å². The maximum absolute atomic E-state index is 12.7. The molecule has 0 aliphatic carbocycles. The van der Waals surface area contributed by atoms with E-state index in [0.29, 0.717) is 22.6 Å². The summed E-state index contributed by atoms with van der Waals surface area (Å²) < 4.78 is 30.7. The molecule has 24 heavy (non-hydrogen) atoms. The Labute approximate surface area is 140 Å². The number of nitrogens with zero attached hydrogens (tertiary/aromatic N) is 2. The molecule has 1 aliphatic rings. The molecule has 2 aromatic rings. The predicted octanol–water partition coefficient (Wildman–Crippen LogP) is 2.07. The van der Waals surface area contributed by atoms with Gasteiger partial charge in [-0.3, -0.25) is 9.48 Å². The lowest BCUT2D eigenvalue weighted by Crippen LogP contribution is -2.29. The summed E-state index contributed by atoms with van der Waals surface area (Å²) in [6.07, 6.45) is 2.91. The van der Waals surface area contributed by atoms with Gasteiger partial charge < -0.3 is 4.74 Å². The Morgan fingerprint density at radius 3 is 2.25 bits per heavy atom. The third-order valence-electron chi connectivity index (χ3n) is 3.87. The van der Waals surface area contributed by atoms with E-state index in [9.17, 15) is 13.2 Å². The lowest BCUT2D eigenvalue weighted by molar-refractivity contribution is -0.125. The van der Waals surface area contributed by atoms with Crippen molar-refractivity contribution in [1.29, 1.82) is 0 Å². The average molecular weight is 346 g/mol. The Hall–Kier alpha value is -2.41. The molecule has 0 amide bonds. The molecule has 1 aliphatic heterocycles. The van der Waals surface area contributed by atoms with Crippen LogP contribution in [0.25, 0.3) is 11.3 Å². The summed E-state index contributed by atoms with van der Waals surface area (Å²) in [6.45, 7) is 3.41. The number of carbonyl (C=O) groups excluding carboxylic acids is 1. The summed E-state index contributed by atoms with van der Waals surface area (Å²) >= 11 is 0. The molecule has 0 saturated heterocycles. The molecule has 0 saturated carbocycles. The largest absolute Gasteiger partial charge is 0.478 e. The van der Waals surface area contributed by atoms with Gasteiger partial charge in [-0.2, -0.15) is 5.10 Å². The van der Waals surface area contributed by atoms with Crippen LogP contribution in [0.3, 0.4) is 0 Å². The minimum Gasteiger partial charge on any atom is -0.478 e. The number of rotatable bonds is 3. The Morgan fingerprint density at radius 2 is 1.75 bits per heavy atom. The number of ether oxygens (including phenoxy) is 1. The molecule has 0 bridgehead atoms. The number of carbonyl (C=O) groups is 1. The second kappa shape index (κ2) is 5.31. The Bertz CT molecular complexity index is 951. The van der Waals surface area contributed by atoms with E-state index < -0.39 is 15.4 Å². The first kappa shape index (κ1) is 16.4. The summed E-state index contributed by atoms with van der Waals surface area (Å²) in [5.41, 5.74) is 0.600. The highest BCUT2D eigenvalue weighted by Gasteiger charge is 2.43. The molecule has 7 heteroatoms. The quantitative estimate of drug-likeness (QED) is 0.850. The van der Waals surface area contributed by atoms with Gasteiger partial charge in [0, 0.05) is 25.1 Å². The van der Waals surface area contributed by atoms with Crippen molar-refractivity contribution in [3.63, 3.8) is 0 Å². The second-order valence-electron chi connectivity index (χ2n) is 6.32. The summed E-state index contributed by atoms with van der Waals surface area (Å²) in [7, 11) is -1.50. The highest BCUT2D eigenvalue weighted by Crippen LogP contribution is 2.40. The molecule has 0 atom stereocenters. The maximum atomic E-state index is 12.7. The molecule has 0 unspecified atom stereocenters. The van der Waals surface area contributed by atoms with Crippen LogP contribution in [0.15, 0.2) is 41.4 Å². The van der Waals surface area contributed by atoms with Crippen LogP contribution in [0, 0.1) is 0 Å².